The standard InChI is InChI=1S/C15H22N2O3S/c1-2-16-21(19,20)14-10-6-7-12(11-14)15(18)17-13-8-4-3-5-9-13/h6-7,10-11,13,16H,2-5,8-9H2,1H3,(H,17,18). The van der Waals surface area contributed by atoms with Gasteiger partial charge in [0.1, 0.15) is 0 Å². The fraction of sp³-hybridized carbons (Fsp3) is 0.533. The van der Waals surface area contributed by atoms with Crippen LogP contribution in [0.2, 0.25) is 0 Å². The van der Waals surface area contributed by atoms with Crippen LogP contribution in [0.4, 0.5) is 0 Å². The van der Waals surface area contributed by atoms with E-state index in [2.05, 4.69) is 10.0 Å². The van der Waals surface area contributed by atoms with Crippen molar-refractivity contribution in [3.63, 3.8) is 0 Å². The van der Waals surface area contributed by atoms with Gasteiger partial charge in [-0.05, 0) is 31.0 Å². The van der Waals surface area contributed by atoms with Gasteiger partial charge in [-0.25, -0.2) is 13.1 Å². The molecule has 0 aromatic heterocycles. The van der Waals surface area contributed by atoms with Crippen LogP contribution in [0.25, 0.3) is 0 Å². The first-order valence-corrected chi connectivity index (χ1v) is 8.92. The molecule has 0 heterocycles. The molecule has 0 saturated heterocycles. The molecular formula is C15H22N2O3S. The highest BCUT2D eigenvalue weighted by Gasteiger charge is 2.18. The summed E-state index contributed by atoms with van der Waals surface area (Å²) >= 11 is 0. The molecule has 1 aromatic rings. The van der Waals surface area contributed by atoms with Crippen molar-refractivity contribution >= 4 is 15.9 Å². The SMILES string of the molecule is CCNS(=O)(=O)c1cccc(C(=O)NC2CCCCC2)c1. The van der Waals surface area contributed by atoms with Crippen molar-refractivity contribution in [3.05, 3.63) is 29.8 Å². The molecule has 6 heteroatoms. The lowest BCUT2D eigenvalue weighted by Gasteiger charge is -2.22. The van der Waals surface area contributed by atoms with Crippen LogP contribution in [0.3, 0.4) is 0 Å². The van der Waals surface area contributed by atoms with E-state index in [1.165, 1.54) is 18.6 Å². The lowest BCUT2D eigenvalue weighted by Crippen LogP contribution is -2.36. The minimum atomic E-state index is -3.53. The summed E-state index contributed by atoms with van der Waals surface area (Å²) in [6.45, 7) is 2.04. The van der Waals surface area contributed by atoms with E-state index < -0.39 is 10.0 Å². The summed E-state index contributed by atoms with van der Waals surface area (Å²) in [7, 11) is -3.53. The van der Waals surface area contributed by atoms with Gasteiger partial charge in [-0.15, -0.1) is 0 Å². The van der Waals surface area contributed by atoms with Crippen molar-refractivity contribution in [2.75, 3.05) is 6.54 Å². The van der Waals surface area contributed by atoms with E-state index in [1.807, 2.05) is 0 Å². The van der Waals surface area contributed by atoms with Crippen LogP contribution >= 0.6 is 0 Å². The normalized spacial score (nSPS) is 16.6. The van der Waals surface area contributed by atoms with Gasteiger partial charge >= 0.3 is 0 Å². The quantitative estimate of drug-likeness (QED) is 0.874. The zero-order valence-corrected chi connectivity index (χ0v) is 13.1. The van der Waals surface area contributed by atoms with Gasteiger partial charge in [-0.1, -0.05) is 32.3 Å². The fourth-order valence-corrected chi connectivity index (χ4v) is 3.68. The summed E-state index contributed by atoms with van der Waals surface area (Å²) in [5.74, 6) is -0.199. The number of rotatable bonds is 5. The molecule has 1 aromatic carbocycles. The summed E-state index contributed by atoms with van der Waals surface area (Å²) in [6.07, 6.45) is 5.50. The van der Waals surface area contributed by atoms with Crippen molar-refractivity contribution in [1.82, 2.24) is 10.0 Å². The Labute approximate surface area is 126 Å². The molecule has 1 aliphatic rings. The maximum Gasteiger partial charge on any atom is 0.251 e. The second kappa shape index (κ2) is 7.04. The van der Waals surface area contributed by atoms with E-state index in [1.54, 1.807) is 19.1 Å². The van der Waals surface area contributed by atoms with Crippen LogP contribution < -0.4 is 10.0 Å². The van der Waals surface area contributed by atoms with Crippen molar-refractivity contribution in [2.45, 2.75) is 50.0 Å². The number of carbonyl (C=O) groups is 1. The number of carbonyl (C=O) groups excluding carboxylic acids is 1. The van der Waals surface area contributed by atoms with E-state index in [9.17, 15) is 13.2 Å². The van der Waals surface area contributed by atoms with Crippen LogP contribution in [0.15, 0.2) is 29.2 Å². The largest absolute Gasteiger partial charge is 0.349 e. The van der Waals surface area contributed by atoms with Gasteiger partial charge in [0.05, 0.1) is 4.90 Å². The van der Waals surface area contributed by atoms with Crippen molar-refractivity contribution in [2.24, 2.45) is 0 Å². The Hall–Kier alpha value is -1.40. The Kier molecular flexibility index (Phi) is 5.36. The maximum atomic E-state index is 12.2. The van der Waals surface area contributed by atoms with Crippen LogP contribution in [0, 0.1) is 0 Å². The molecule has 1 aliphatic carbocycles. The molecule has 116 valence electrons. The molecule has 1 saturated carbocycles. The molecule has 0 unspecified atom stereocenters. The average molecular weight is 310 g/mol. The molecule has 21 heavy (non-hydrogen) atoms. The van der Waals surface area contributed by atoms with Crippen LogP contribution in [0.1, 0.15) is 49.4 Å². The van der Waals surface area contributed by atoms with Gasteiger partial charge in [0.2, 0.25) is 10.0 Å². The predicted molar refractivity (Wildman–Crippen MR) is 81.6 cm³/mol. The second-order valence-corrected chi connectivity index (χ2v) is 7.10. The highest BCUT2D eigenvalue weighted by atomic mass is 32.2. The van der Waals surface area contributed by atoms with Crippen molar-refractivity contribution in [3.8, 4) is 0 Å². The van der Waals surface area contributed by atoms with Gasteiger partial charge in [-0.2, -0.15) is 0 Å². The summed E-state index contributed by atoms with van der Waals surface area (Å²) in [6, 6.07) is 6.37. The summed E-state index contributed by atoms with van der Waals surface area (Å²) in [4.78, 5) is 12.3. The Morgan fingerprint density at radius 3 is 2.62 bits per heavy atom. The first-order chi connectivity index (χ1) is 10.0. The van der Waals surface area contributed by atoms with Crippen LogP contribution in [-0.4, -0.2) is 26.9 Å². The number of hydrogen-bond acceptors (Lipinski definition) is 3. The number of benzene rings is 1. The smallest absolute Gasteiger partial charge is 0.251 e. The third kappa shape index (κ3) is 4.28. The maximum absolute atomic E-state index is 12.2. The van der Waals surface area contributed by atoms with Gasteiger partial charge in [0.25, 0.3) is 5.91 Å². The minimum absolute atomic E-state index is 0.126. The van der Waals surface area contributed by atoms with Gasteiger partial charge in [0.15, 0.2) is 0 Å². The third-order valence-corrected chi connectivity index (χ3v) is 5.22. The van der Waals surface area contributed by atoms with Crippen molar-refractivity contribution < 1.29 is 13.2 Å². The first kappa shape index (κ1) is 16.0. The number of amides is 1. The molecular weight excluding hydrogens is 288 g/mol. The number of sulfonamides is 1. The molecule has 1 amide bonds. The van der Waals surface area contributed by atoms with Crippen LogP contribution in [0.5, 0.6) is 0 Å². The molecule has 0 atom stereocenters. The van der Waals surface area contributed by atoms with Crippen LogP contribution in [-0.2, 0) is 10.0 Å². The highest BCUT2D eigenvalue weighted by Crippen LogP contribution is 2.18. The topological polar surface area (TPSA) is 75.3 Å². The number of nitrogens with one attached hydrogen (secondary N) is 2. The van der Waals surface area contributed by atoms with E-state index in [-0.39, 0.29) is 16.8 Å². The lowest BCUT2D eigenvalue weighted by molar-refractivity contribution is 0.0927. The molecule has 0 radical (unpaired) electrons. The Balaban J connectivity index is 2.11. The zero-order chi connectivity index (χ0) is 15.3. The molecule has 2 N–H and O–H groups in total. The summed E-state index contributed by atoms with van der Waals surface area (Å²) < 4.78 is 26.3. The molecule has 2 rings (SSSR count). The molecule has 0 bridgehead atoms. The summed E-state index contributed by atoms with van der Waals surface area (Å²) in [5, 5.41) is 2.99. The molecule has 5 nitrogen and oxygen atoms in total. The number of hydrogen-bond donors (Lipinski definition) is 2. The van der Waals surface area contributed by atoms with E-state index in [0.717, 1.165) is 25.7 Å². The predicted octanol–water partition coefficient (Wildman–Crippen LogP) is 2.05. The van der Waals surface area contributed by atoms with E-state index in [0.29, 0.717) is 12.1 Å². The lowest BCUT2D eigenvalue weighted by atomic mass is 9.95. The fourth-order valence-electron chi connectivity index (χ4n) is 2.59. The first-order valence-electron chi connectivity index (χ1n) is 7.43. The molecule has 0 spiro atoms. The van der Waals surface area contributed by atoms with E-state index in [4.69, 9.17) is 0 Å². The average Bonchev–Trinajstić information content (AvgIpc) is 2.48. The highest BCUT2D eigenvalue weighted by molar-refractivity contribution is 7.89. The summed E-state index contributed by atoms with van der Waals surface area (Å²) in [5.41, 5.74) is 0.388. The Morgan fingerprint density at radius 1 is 1.24 bits per heavy atom. The molecule has 1 fully saturated rings. The van der Waals surface area contributed by atoms with Gasteiger partial charge in [-0.3, -0.25) is 4.79 Å². The van der Waals surface area contributed by atoms with Gasteiger partial charge in [0, 0.05) is 18.2 Å². The minimum Gasteiger partial charge on any atom is -0.349 e. The monoisotopic (exact) mass is 310 g/mol. The Morgan fingerprint density at radius 2 is 1.95 bits per heavy atom. The van der Waals surface area contributed by atoms with Crippen molar-refractivity contribution in [1.29, 1.82) is 0 Å². The van der Waals surface area contributed by atoms with Gasteiger partial charge < -0.3 is 5.32 Å². The van der Waals surface area contributed by atoms with E-state index >= 15 is 0 Å². The molecule has 0 aliphatic heterocycles. The zero-order valence-electron chi connectivity index (χ0n) is 12.3. The third-order valence-electron chi connectivity index (χ3n) is 3.68. The Bertz CT molecular complexity index is 593. The second-order valence-electron chi connectivity index (χ2n) is 5.34.